The third-order valence-corrected chi connectivity index (χ3v) is 9.22. The molecule has 44 heavy (non-hydrogen) atoms. The second kappa shape index (κ2) is 15.0. The summed E-state index contributed by atoms with van der Waals surface area (Å²) in [7, 11) is -2.76. The van der Waals surface area contributed by atoms with Gasteiger partial charge in [0.15, 0.2) is 0 Å². The first kappa shape index (κ1) is 32.7. The van der Waals surface area contributed by atoms with E-state index < -0.39 is 40.2 Å². The second-order valence-corrected chi connectivity index (χ2v) is 12.6. The number of halogens is 2. The second-order valence-electron chi connectivity index (χ2n) is 9.86. The first-order chi connectivity index (χ1) is 21.1. The zero-order chi connectivity index (χ0) is 31.7. The molecule has 0 aliphatic carbocycles. The number of nitrogens with zero attached hydrogens (tertiary/aromatic N) is 2. The molecule has 0 fully saturated rings. The number of carbonyl (C=O) groups is 2. The molecule has 0 heterocycles. The van der Waals surface area contributed by atoms with Gasteiger partial charge in [-0.3, -0.25) is 13.9 Å². The van der Waals surface area contributed by atoms with Crippen molar-refractivity contribution in [3.63, 3.8) is 0 Å². The van der Waals surface area contributed by atoms with Crippen LogP contribution < -0.4 is 14.4 Å². The fourth-order valence-corrected chi connectivity index (χ4v) is 6.32. The van der Waals surface area contributed by atoms with Gasteiger partial charge in [-0.1, -0.05) is 58.4 Å². The van der Waals surface area contributed by atoms with Gasteiger partial charge >= 0.3 is 0 Å². The van der Waals surface area contributed by atoms with Crippen LogP contribution in [0.15, 0.2) is 112 Å². The molecule has 0 aliphatic rings. The minimum Gasteiger partial charge on any atom is -0.494 e. The van der Waals surface area contributed by atoms with E-state index in [4.69, 9.17) is 4.74 Å². The van der Waals surface area contributed by atoms with Crippen molar-refractivity contribution in [2.75, 3.05) is 24.5 Å². The van der Waals surface area contributed by atoms with Crippen LogP contribution in [0.5, 0.6) is 5.75 Å². The lowest BCUT2D eigenvalue weighted by Crippen LogP contribution is -2.53. The summed E-state index contributed by atoms with van der Waals surface area (Å²) in [6.07, 6.45) is 0.177. The van der Waals surface area contributed by atoms with Crippen LogP contribution in [0.2, 0.25) is 0 Å². The van der Waals surface area contributed by atoms with Crippen molar-refractivity contribution in [2.45, 2.75) is 30.8 Å². The van der Waals surface area contributed by atoms with Gasteiger partial charge in [-0.15, -0.1) is 0 Å². The van der Waals surface area contributed by atoms with E-state index >= 15 is 0 Å². The lowest BCUT2D eigenvalue weighted by Gasteiger charge is -2.33. The number of benzene rings is 4. The quantitative estimate of drug-likeness (QED) is 0.199. The third-order valence-electron chi connectivity index (χ3n) is 6.90. The van der Waals surface area contributed by atoms with Crippen molar-refractivity contribution in [1.29, 1.82) is 0 Å². The Hall–Kier alpha value is -4.22. The summed E-state index contributed by atoms with van der Waals surface area (Å²) < 4.78 is 49.1. The van der Waals surface area contributed by atoms with E-state index in [9.17, 15) is 22.4 Å². The molecule has 0 spiro atoms. The maximum absolute atomic E-state index is 14.3. The van der Waals surface area contributed by atoms with Gasteiger partial charge in [-0.2, -0.15) is 0 Å². The molecule has 4 rings (SSSR count). The number of amides is 2. The topological polar surface area (TPSA) is 96.0 Å². The number of nitrogens with one attached hydrogen (secondary N) is 1. The van der Waals surface area contributed by atoms with Crippen molar-refractivity contribution in [1.82, 2.24) is 10.2 Å². The van der Waals surface area contributed by atoms with Crippen molar-refractivity contribution in [3.8, 4) is 5.75 Å². The molecule has 0 radical (unpaired) electrons. The number of hydrogen-bond acceptors (Lipinski definition) is 5. The van der Waals surface area contributed by atoms with E-state index in [-0.39, 0.29) is 23.5 Å². The predicted octanol–water partition coefficient (Wildman–Crippen LogP) is 5.57. The number of likely N-dealkylation sites (N-methyl/N-ethyl adjacent to an activating group) is 1. The molecule has 4 aromatic rings. The molecule has 230 valence electrons. The molecule has 0 aliphatic heterocycles. The van der Waals surface area contributed by atoms with Crippen molar-refractivity contribution in [3.05, 3.63) is 125 Å². The molecule has 0 saturated heterocycles. The normalized spacial score (nSPS) is 11.8. The summed E-state index contributed by atoms with van der Waals surface area (Å²) in [5, 5.41) is 2.64. The first-order valence-corrected chi connectivity index (χ1v) is 16.2. The van der Waals surface area contributed by atoms with Gasteiger partial charge in [0.05, 0.1) is 17.2 Å². The summed E-state index contributed by atoms with van der Waals surface area (Å²) in [4.78, 5) is 28.9. The number of anilines is 1. The smallest absolute Gasteiger partial charge is 0.264 e. The summed E-state index contributed by atoms with van der Waals surface area (Å²) in [6.45, 7) is 1.61. The van der Waals surface area contributed by atoms with Crippen LogP contribution in [-0.4, -0.2) is 51.4 Å². The molecule has 0 aromatic heterocycles. The molecular formula is C33H33BrFN3O5S. The van der Waals surface area contributed by atoms with Crippen molar-refractivity contribution in [2.24, 2.45) is 0 Å². The molecule has 0 saturated carbocycles. The molecule has 1 N–H and O–H groups in total. The Bertz CT molecular complexity index is 1650. The molecule has 11 heteroatoms. The average Bonchev–Trinajstić information content (AvgIpc) is 3.03. The molecule has 1 atom stereocenters. The summed E-state index contributed by atoms with van der Waals surface area (Å²) in [5.41, 5.74) is 1.62. The molecule has 4 aromatic carbocycles. The predicted molar refractivity (Wildman–Crippen MR) is 171 cm³/mol. The fourth-order valence-electron chi connectivity index (χ4n) is 4.64. The number of carbonyl (C=O) groups excluding carboxylic acids is 2. The average molecular weight is 683 g/mol. The SMILES string of the molecule is CCOc1ccc(N(CC(=O)N(Cc2ccc(F)cc2)[C@H](Cc2ccccc2)C(=O)NC)S(=O)(=O)c2ccc(Br)cc2)cc1. The standard InChI is InChI=1S/C33H33BrFN3O5S/c1-3-43-29-17-15-28(16-18-29)38(44(41,42)30-19-11-26(34)12-20-30)23-32(39)37(22-25-9-13-27(35)14-10-25)31(33(40)36-2)21-24-7-5-4-6-8-24/h4-20,31H,3,21-23H2,1-2H3,(H,36,40)/t31-/m1/s1. The molecular weight excluding hydrogens is 649 g/mol. The zero-order valence-corrected chi connectivity index (χ0v) is 26.7. The molecule has 0 unspecified atom stereocenters. The summed E-state index contributed by atoms with van der Waals surface area (Å²) in [5.74, 6) is -0.939. The van der Waals surface area contributed by atoms with Gasteiger partial charge in [0.1, 0.15) is 24.2 Å². The van der Waals surface area contributed by atoms with Crippen LogP contribution >= 0.6 is 15.9 Å². The largest absolute Gasteiger partial charge is 0.494 e. The highest BCUT2D eigenvalue weighted by Crippen LogP contribution is 2.28. The Morgan fingerprint density at radius 2 is 1.52 bits per heavy atom. The van der Waals surface area contributed by atoms with Gasteiger partial charge in [-0.25, -0.2) is 12.8 Å². The van der Waals surface area contributed by atoms with Gasteiger partial charge in [0.2, 0.25) is 11.8 Å². The number of hydrogen-bond donors (Lipinski definition) is 1. The van der Waals surface area contributed by atoms with Crippen LogP contribution in [0.4, 0.5) is 10.1 Å². The molecule has 2 amide bonds. The van der Waals surface area contributed by atoms with E-state index in [1.165, 1.54) is 48.3 Å². The third kappa shape index (κ3) is 8.23. The molecule has 8 nitrogen and oxygen atoms in total. The first-order valence-electron chi connectivity index (χ1n) is 13.9. The van der Waals surface area contributed by atoms with E-state index in [0.717, 1.165) is 9.87 Å². The number of ether oxygens (including phenoxy) is 1. The maximum atomic E-state index is 14.3. The van der Waals surface area contributed by atoms with Gasteiger partial charge in [-0.05, 0) is 78.7 Å². The molecule has 0 bridgehead atoms. The van der Waals surface area contributed by atoms with Gasteiger partial charge in [0, 0.05) is 24.5 Å². The monoisotopic (exact) mass is 681 g/mol. The summed E-state index contributed by atoms with van der Waals surface area (Å²) >= 11 is 3.33. The Morgan fingerprint density at radius 3 is 2.11 bits per heavy atom. The fraction of sp³-hybridized carbons (Fsp3) is 0.212. The Labute approximate surface area is 265 Å². The summed E-state index contributed by atoms with van der Waals surface area (Å²) in [6, 6.07) is 26.3. The van der Waals surface area contributed by atoms with Gasteiger partial charge < -0.3 is 15.0 Å². The maximum Gasteiger partial charge on any atom is 0.264 e. The lowest BCUT2D eigenvalue weighted by molar-refractivity contribution is -0.139. The minimum absolute atomic E-state index is 0.0143. The van der Waals surface area contributed by atoms with E-state index in [1.807, 2.05) is 37.3 Å². The van der Waals surface area contributed by atoms with E-state index in [2.05, 4.69) is 21.2 Å². The zero-order valence-electron chi connectivity index (χ0n) is 24.3. The minimum atomic E-state index is -4.24. The Balaban J connectivity index is 1.78. The van der Waals surface area contributed by atoms with Crippen LogP contribution in [0.1, 0.15) is 18.1 Å². The van der Waals surface area contributed by atoms with Crippen molar-refractivity contribution < 1.29 is 27.1 Å². The Kier molecular flexibility index (Phi) is 11.1. The highest BCUT2D eigenvalue weighted by molar-refractivity contribution is 9.10. The number of rotatable bonds is 13. The highest BCUT2D eigenvalue weighted by Gasteiger charge is 2.34. The van der Waals surface area contributed by atoms with Crippen LogP contribution in [-0.2, 0) is 32.6 Å². The number of sulfonamides is 1. The van der Waals surface area contributed by atoms with Gasteiger partial charge in [0.25, 0.3) is 10.0 Å². The Morgan fingerprint density at radius 1 is 0.886 bits per heavy atom. The van der Waals surface area contributed by atoms with E-state index in [0.29, 0.717) is 22.4 Å². The van der Waals surface area contributed by atoms with Crippen LogP contribution in [0.3, 0.4) is 0 Å². The lowest BCUT2D eigenvalue weighted by atomic mass is 10.0. The van der Waals surface area contributed by atoms with Crippen LogP contribution in [0.25, 0.3) is 0 Å². The van der Waals surface area contributed by atoms with Crippen LogP contribution in [0, 0.1) is 5.82 Å². The van der Waals surface area contributed by atoms with E-state index in [1.54, 1.807) is 36.4 Å². The van der Waals surface area contributed by atoms with Crippen molar-refractivity contribution >= 4 is 43.5 Å². The highest BCUT2D eigenvalue weighted by atomic mass is 79.9.